The number of carboxylic acids is 1. The second-order valence-electron chi connectivity index (χ2n) is 4.58. The molecule has 0 saturated heterocycles. The van der Waals surface area contributed by atoms with Crippen molar-refractivity contribution in [3.63, 3.8) is 0 Å². The van der Waals surface area contributed by atoms with Crippen LogP contribution in [-0.2, 0) is 0 Å². The van der Waals surface area contributed by atoms with E-state index in [-0.39, 0.29) is 56.6 Å². The van der Waals surface area contributed by atoms with Crippen LogP contribution in [0.2, 0.25) is 0 Å². The number of phenolic OH excluding ortho intramolecular Hbond substituents is 2. The van der Waals surface area contributed by atoms with Gasteiger partial charge in [0.1, 0.15) is 11.5 Å². The standard InChI is InChI=1S/C15H8O6.Mg/c16-9-3-1-2-7-11(9)14(19)12-8(13(7)18)4-6(15(20)21)5-10(12)17;/h1-5,16-17H,(H,20,21);/q;+2. The van der Waals surface area contributed by atoms with Crippen molar-refractivity contribution in [3.8, 4) is 11.5 Å². The molecule has 104 valence electrons. The average molecular weight is 309 g/mol. The van der Waals surface area contributed by atoms with Gasteiger partial charge < -0.3 is 15.3 Å². The number of fused-ring (bicyclic) bond motifs is 2. The Morgan fingerprint density at radius 2 is 1.50 bits per heavy atom. The van der Waals surface area contributed by atoms with E-state index in [1.807, 2.05) is 0 Å². The van der Waals surface area contributed by atoms with Crippen molar-refractivity contribution in [2.75, 3.05) is 0 Å². The van der Waals surface area contributed by atoms with Gasteiger partial charge in [0, 0.05) is 11.1 Å². The minimum Gasteiger partial charge on any atom is -0.507 e. The van der Waals surface area contributed by atoms with E-state index in [0.29, 0.717) is 0 Å². The summed E-state index contributed by atoms with van der Waals surface area (Å²) in [6.07, 6.45) is 0. The number of rotatable bonds is 1. The van der Waals surface area contributed by atoms with Gasteiger partial charge in [-0.25, -0.2) is 4.79 Å². The molecule has 0 aromatic heterocycles. The van der Waals surface area contributed by atoms with Crippen molar-refractivity contribution in [1.82, 2.24) is 0 Å². The maximum absolute atomic E-state index is 12.4. The fraction of sp³-hybridized carbons (Fsp3) is 0. The predicted octanol–water partition coefficient (Wildman–Crippen LogP) is 1.19. The van der Waals surface area contributed by atoms with Gasteiger partial charge in [-0.1, -0.05) is 12.1 Å². The molecule has 0 amide bonds. The third-order valence-corrected chi connectivity index (χ3v) is 3.35. The van der Waals surface area contributed by atoms with Gasteiger partial charge >= 0.3 is 29.0 Å². The van der Waals surface area contributed by atoms with Crippen LogP contribution in [0.15, 0.2) is 30.3 Å². The molecule has 1 aliphatic rings. The first-order valence-electron chi connectivity index (χ1n) is 5.93. The Labute approximate surface area is 140 Å². The number of carboxylic acid groups (broad SMARTS) is 1. The van der Waals surface area contributed by atoms with E-state index in [2.05, 4.69) is 0 Å². The third kappa shape index (κ3) is 2.15. The van der Waals surface area contributed by atoms with Gasteiger partial charge in [0.15, 0.2) is 5.78 Å². The summed E-state index contributed by atoms with van der Waals surface area (Å²) in [7, 11) is 0. The topological polar surface area (TPSA) is 112 Å². The maximum Gasteiger partial charge on any atom is 2.00 e. The molecule has 1 aliphatic carbocycles. The summed E-state index contributed by atoms with van der Waals surface area (Å²) in [5.41, 5.74) is -0.978. The Hall–Kier alpha value is -2.38. The normalized spacial score (nSPS) is 12.2. The van der Waals surface area contributed by atoms with Crippen LogP contribution in [0.3, 0.4) is 0 Å². The van der Waals surface area contributed by atoms with Crippen molar-refractivity contribution >= 4 is 40.6 Å². The molecule has 2 aromatic rings. The Bertz CT molecular complexity index is 840. The zero-order valence-electron chi connectivity index (χ0n) is 11.2. The minimum absolute atomic E-state index is 0. The van der Waals surface area contributed by atoms with Gasteiger partial charge in [0.25, 0.3) is 0 Å². The largest absolute Gasteiger partial charge is 2.00 e. The quantitative estimate of drug-likeness (QED) is 0.582. The summed E-state index contributed by atoms with van der Waals surface area (Å²) >= 11 is 0. The summed E-state index contributed by atoms with van der Waals surface area (Å²) in [5.74, 6) is -3.62. The Morgan fingerprint density at radius 3 is 2.14 bits per heavy atom. The monoisotopic (exact) mass is 308 g/mol. The molecule has 0 aliphatic heterocycles. The van der Waals surface area contributed by atoms with Crippen molar-refractivity contribution in [1.29, 1.82) is 0 Å². The predicted molar refractivity (Wildman–Crippen MR) is 75.8 cm³/mol. The molecular formula is C15H8MgO6+2. The van der Waals surface area contributed by atoms with Crippen LogP contribution in [0, 0.1) is 0 Å². The van der Waals surface area contributed by atoms with Crippen LogP contribution in [0.4, 0.5) is 0 Å². The number of aromatic hydroxyl groups is 2. The van der Waals surface area contributed by atoms with Crippen molar-refractivity contribution in [2.45, 2.75) is 0 Å². The molecule has 0 atom stereocenters. The van der Waals surface area contributed by atoms with Crippen LogP contribution in [-0.4, -0.2) is 55.9 Å². The number of hydrogen-bond donors (Lipinski definition) is 3. The Morgan fingerprint density at radius 1 is 0.864 bits per heavy atom. The maximum atomic E-state index is 12.4. The SMILES string of the molecule is O=C(O)c1cc(O)c2c(c1)C(=O)c1cccc(O)c1C2=O.[Mg+2]. The van der Waals surface area contributed by atoms with Gasteiger partial charge in [-0.05, 0) is 18.2 Å². The van der Waals surface area contributed by atoms with Crippen LogP contribution in [0.5, 0.6) is 11.5 Å². The first kappa shape index (κ1) is 16.0. The van der Waals surface area contributed by atoms with Gasteiger partial charge in [-0.15, -0.1) is 0 Å². The number of aromatic carboxylic acids is 1. The number of ketones is 2. The van der Waals surface area contributed by atoms with Crippen molar-refractivity contribution in [3.05, 3.63) is 58.1 Å². The molecule has 22 heavy (non-hydrogen) atoms. The van der Waals surface area contributed by atoms with Gasteiger partial charge in [0.2, 0.25) is 5.78 Å². The molecule has 0 heterocycles. The third-order valence-electron chi connectivity index (χ3n) is 3.35. The molecule has 3 rings (SSSR count). The Kier molecular flexibility index (Phi) is 3.95. The Balaban J connectivity index is 0.00000176. The number of carbonyl (C=O) groups excluding carboxylic acids is 2. The van der Waals surface area contributed by atoms with Crippen molar-refractivity contribution in [2.24, 2.45) is 0 Å². The molecule has 0 unspecified atom stereocenters. The molecule has 7 heteroatoms. The zero-order chi connectivity index (χ0) is 15.3. The zero-order valence-corrected chi connectivity index (χ0v) is 12.6. The number of phenols is 2. The summed E-state index contributed by atoms with van der Waals surface area (Å²) < 4.78 is 0. The molecule has 0 saturated carbocycles. The van der Waals surface area contributed by atoms with Crippen molar-refractivity contribution < 1.29 is 29.7 Å². The average Bonchev–Trinajstić information content (AvgIpc) is 2.43. The summed E-state index contributed by atoms with van der Waals surface area (Å²) in [6.45, 7) is 0. The van der Waals surface area contributed by atoms with E-state index in [1.165, 1.54) is 18.2 Å². The second-order valence-corrected chi connectivity index (χ2v) is 4.58. The van der Waals surface area contributed by atoms with E-state index >= 15 is 0 Å². The summed E-state index contributed by atoms with van der Waals surface area (Å²) in [6, 6.07) is 5.98. The smallest absolute Gasteiger partial charge is 0.507 e. The first-order valence-corrected chi connectivity index (χ1v) is 5.93. The van der Waals surface area contributed by atoms with Crippen LogP contribution in [0.25, 0.3) is 0 Å². The van der Waals surface area contributed by atoms with Crippen LogP contribution < -0.4 is 0 Å². The molecule has 3 N–H and O–H groups in total. The van der Waals surface area contributed by atoms with Gasteiger partial charge in [-0.3, -0.25) is 9.59 Å². The van der Waals surface area contributed by atoms with E-state index in [1.54, 1.807) is 0 Å². The number of benzene rings is 2. The molecule has 2 aromatic carbocycles. The van der Waals surface area contributed by atoms with Crippen LogP contribution in [0.1, 0.15) is 42.2 Å². The fourth-order valence-corrected chi connectivity index (χ4v) is 2.41. The molecular weight excluding hydrogens is 300 g/mol. The fourth-order valence-electron chi connectivity index (χ4n) is 2.41. The van der Waals surface area contributed by atoms with Gasteiger partial charge in [-0.2, -0.15) is 0 Å². The number of hydrogen-bond acceptors (Lipinski definition) is 5. The molecule has 6 nitrogen and oxygen atoms in total. The second kappa shape index (κ2) is 5.43. The van der Waals surface area contributed by atoms with E-state index in [9.17, 15) is 24.6 Å². The number of carbonyl (C=O) groups is 3. The molecule has 0 bridgehead atoms. The van der Waals surface area contributed by atoms with E-state index < -0.39 is 23.3 Å². The van der Waals surface area contributed by atoms with E-state index in [0.717, 1.165) is 12.1 Å². The summed E-state index contributed by atoms with van der Waals surface area (Å²) in [5, 5.41) is 28.6. The minimum atomic E-state index is -1.32. The first-order chi connectivity index (χ1) is 9.91. The molecule has 0 spiro atoms. The summed E-state index contributed by atoms with van der Waals surface area (Å²) in [4.78, 5) is 35.7. The van der Waals surface area contributed by atoms with Crippen LogP contribution >= 0.6 is 0 Å². The van der Waals surface area contributed by atoms with E-state index in [4.69, 9.17) is 5.11 Å². The molecule has 0 fully saturated rings. The molecule has 0 radical (unpaired) electrons. The van der Waals surface area contributed by atoms with Gasteiger partial charge in [0.05, 0.1) is 16.7 Å².